The summed E-state index contributed by atoms with van der Waals surface area (Å²) in [6.07, 6.45) is 0.520. The average Bonchev–Trinajstić information content (AvgIpc) is 3.02. The first-order valence-electron chi connectivity index (χ1n) is 7.71. The van der Waals surface area contributed by atoms with Crippen LogP contribution in [0, 0.1) is 6.92 Å². The van der Waals surface area contributed by atoms with Crippen LogP contribution in [0.25, 0.3) is 0 Å². The molecule has 1 aliphatic heterocycles. The highest BCUT2D eigenvalue weighted by Gasteiger charge is 2.49. The maximum absolute atomic E-state index is 12.3. The Morgan fingerprint density at radius 2 is 2.00 bits per heavy atom. The van der Waals surface area contributed by atoms with Crippen LogP contribution in [0.4, 0.5) is 0 Å². The van der Waals surface area contributed by atoms with Crippen molar-refractivity contribution in [1.82, 2.24) is 0 Å². The molecule has 120 valence electrons. The summed E-state index contributed by atoms with van der Waals surface area (Å²) in [5.41, 5.74) is 7.52. The number of carbonyl (C=O) groups is 1. The van der Waals surface area contributed by atoms with Crippen LogP contribution >= 0.6 is 0 Å². The monoisotopic (exact) mass is 311 g/mol. The van der Waals surface area contributed by atoms with Gasteiger partial charge in [-0.05, 0) is 31.0 Å². The second-order valence-electron chi connectivity index (χ2n) is 6.02. The predicted molar refractivity (Wildman–Crippen MR) is 88.4 cm³/mol. The van der Waals surface area contributed by atoms with Crippen LogP contribution in [0.15, 0.2) is 48.5 Å². The first kappa shape index (κ1) is 15.6. The van der Waals surface area contributed by atoms with Gasteiger partial charge in [0.1, 0.15) is 5.75 Å². The van der Waals surface area contributed by atoms with Gasteiger partial charge in [0, 0.05) is 11.5 Å². The Bertz CT molecular complexity index is 714. The first-order valence-corrected chi connectivity index (χ1v) is 7.71. The zero-order valence-corrected chi connectivity index (χ0v) is 13.4. The average molecular weight is 311 g/mol. The van der Waals surface area contributed by atoms with Gasteiger partial charge < -0.3 is 15.2 Å². The van der Waals surface area contributed by atoms with E-state index in [1.54, 1.807) is 7.11 Å². The summed E-state index contributed by atoms with van der Waals surface area (Å²) in [6.45, 7) is 2.44. The molecule has 0 spiro atoms. The fraction of sp³-hybridized carbons (Fsp3) is 0.316. The lowest BCUT2D eigenvalue weighted by atomic mass is 9.83. The van der Waals surface area contributed by atoms with Crippen molar-refractivity contribution < 1.29 is 14.3 Å². The fourth-order valence-electron chi connectivity index (χ4n) is 3.28. The molecule has 0 bridgehead atoms. The SMILES string of the molecule is COc1ccc(C)cc1C1(C(N)=O)CC(c2ccccc2)CO1. The summed E-state index contributed by atoms with van der Waals surface area (Å²) < 4.78 is 11.4. The Morgan fingerprint density at radius 1 is 1.26 bits per heavy atom. The molecule has 4 heteroatoms. The maximum Gasteiger partial charge on any atom is 0.254 e. The standard InChI is InChI=1S/C19H21NO3/c1-13-8-9-17(22-2)16(10-13)19(18(20)21)11-15(12-23-19)14-6-4-3-5-7-14/h3-10,15H,11-12H2,1-2H3,(H2,20,21). The lowest BCUT2D eigenvalue weighted by Gasteiger charge is -2.27. The van der Waals surface area contributed by atoms with Crippen LogP contribution < -0.4 is 10.5 Å². The van der Waals surface area contributed by atoms with E-state index >= 15 is 0 Å². The number of ether oxygens (including phenoxy) is 2. The van der Waals surface area contributed by atoms with Crippen LogP contribution in [-0.4, -0.2) is 19.6 Å². The van der Waals surface area contributed by atoms with Crippen LogP contribution in [0.1, 0.15) is 29.0 Å². The van der Waals surface area contributed by atoms with E-state index in [0.29, 0.717) is 24.3 Å². The molecule has 2 unspecified atom stereocenters. The molecule has 1 aliphatic rings. The smallest absolute Gasteiger partial charge is 0.254 e. The Labute approximate surface area is 136 Å². The Kier molecular flexibility index (Phi) is 4.09. The molecule has 2 aromatic rings. The van der Waals surface area contributed by atoms with E-state index < -0.39 is 11.5 Å². The van der Waals surface area contributed by atoms with Crippen molar-refractivity contribution in [3.05, 3.63) is 65.2 Å². The molecular formula is C19H21NO3. The van der Waals surface area contributed by atoms with E-state index in [1.807, 2.05) is 43.3 Å². The van der Waals surface area contributed by atoms with Crippen molar-refractivity contribution in [3.63, 3.8) is 0 Å². The van der Waals surface area contributed by atoms with Crippen molar-refractivity contribution in [2.45, 2.75) is 24.9 Å². The van der Waals surface area contributed by atoms with Gasteiger partial charge in [-0.3, -0.25) is 4.79 Å². The topological polar surface area (TPSA) is 61.5 Å². The van der Waals surface area contributed by atoms with Gasteiger partial charge in [-0.15, -0.1) is 0 Å². The highest BCUT2D eigenvalue weighted by atomic mass is 16.5. The minimum Gasteiger partial charge on any atom is -0.496 e. The van der Waals surface area contributed by atoms with Crippen molar-refractivity contribution >= 4 is 5.91 Å². The van der Waals surface area contributed by atoms with Crippen LogP contribution in [0.3, 0.4) is 0 Å². The lowest BCUT2D eigenvalue weighted by molar-refractivity contribution is -0.139. The number of benzene rings is 2. The Morgan fingerprint density at radius 3 is 2.65 bits per heavy atom. The molecule has 0 saturated carbocycles. The highest BCUT2D eigenvalue weighted by molar-refractivity contribution is 5.86. The number of amides is 1. The zero-order valence-electron chi connectivity index (χ0n) is 13.4. The third kappa shape index (κ3) is 2.70. The largest absolute Gasteiger partial charge is 0.496 e. The maximum atomic E-state index is 12.3. The highest BCUT2D eigenvalue weighted by Crippen LogP contribution is 2.46. The molecule has 0 radical (unpaired) electrons. The van der Waals surface area contributed by atoms with E-state index in [4.69, 9.17) is 15.2 Å². The molecule has 2 aromatic carbocycles. The molecule has 1 saturated heterocycles. The molecule has 1 heterocycles. The van der Waals surface area contributed by atoms with E-state index in [2.05, 4.69) is 12.1 Å². The van der Waals surface area contributed by atoms with Crippen molar-refractivity contribution in [1.29, 1.82) is 0 Å². The Balaban J connectivity index is 2.03. The Hall–Kier alpha value is -2.33. The van der Waals surface area contributed by atoms with Gasteiger partial charge in [0.2, 0.25) is 0 Å². The van der Waals surface area contributed by atoms with Crippen molar-refractivity contribution in [2.75, 3.05) is 13.7 Å². The lowest BCUT2D eigenvalue weighted by Crippen LogP contribution is -2.41. The molecule has 1 fully saturated rings. The zero-order chi connectivity index (χ0) is 16.4. The van der Waals surface area contributed by atoms with Gasteiger partial charge >= 0.3 is 0 Å². The number of aryl methyl sites for hydroxylation is 1. The molecular weight excluding hydrogens is 290 g/mol. The van der Waals surface area contributed by atoms with Gasteiger partial charge in [-0.25, -0.2) is 0 Å². The van der Waals surface area contributed by atoms with Crippen LogP contribution in [0.5, 0.6) is 5.75 Å². The summed E-state index contributed by atoms with van der Waals surface area (Å²) >= 11 is 0. The second-order valence-corrected chi connectivity index (χ2v) is 6.02. The van der Waals surface area contributed by atoms with Crippen molar-refractivity contribution in [2.24, 2.45) is 5.73 Å². The minimum atomic E-state index is -1.14. The van der Waals surface area contributed by atoms with Crippen LogP contribution in [-0.2, 0) is 15.1 Å². The summed E-state index contributed by atoms with van der Waals surface area (Å²) in [7, 11) is 1.59. The van der Waals surface area contributed by atoms with Gasteiger partial charge in [0.15, 0.2) is 5.60 Å². The molecule has 23 heavy (non-hydrogen) atoms. The number of carbonyl (C=O) groups excluding carboxylic acids is 1. The number of hydrogen-bond donors (Lipinski definition) is 1. The third-order valence-electron chi connectivity index (χ3n) is 4.52. The molecule has 1 amide bonds. The molecule has 3 rings (SSSR count). The first-order chi connectivity index (χ1) is 11.1. The van der Waals surface area contributed by atoms with Gasteiger partial charge in [0.05, 0.1) is 13.7 Å². The molecule has 0 aromatic heterocycles. The number of primary amides is 1. The second kappa shape index (κ2) is 6.05. The van der Waals surface area contributed by atoms with E-state index in [1.165, 1.54) is 0 Å². The third-order valence-corrected chi connectivity index (χ3v) is 4.52. The van der Waals surface area contributed by atoms with Crippen LogP contribution in [0.2, 0.25) is 0 Å². The number of nitrogens with two attached hydrogens (primary N) is 1. The molecule has 0 aliphatic carbocycles. The molecule has 4 nitrogen and oxygen atoms in total. The summed E-state index contributed by atoms with van der Waals surface area (Å²) in [4.78, 5) is 12.3. The van der Waals surface area contributed by atoms with Gasteiger partial charge in [-0.2, -0.15) is 0 Å². The number of hydrogen-bond acceptors (Lipinski definition) is 3. The van der Waals surface area contributed by atoms with Gasteiger partial charge in [0.25, 0.3) is 5.91 Å². The minimum absolute atomic E-state index is 0.133. The van der Waals surface area contributed by atoms with E-state index in [9.17, 15) is 4.79 Å². The molecule has 2 N–H and O–H groups in total. The summed E-state index contributed by atoms with van der Waals surface area (Å²) in [5, 5.41) is 0. The quantitative estimate of drug-likeness (QED) is 0.944. The van der Waals surface area contributed by atoms with Crippen molar-refractivity contribution in [3.8, 4) is 5.75 Å². The normalized spacial score (nSPS) is 23.7. The summed E-state index contributed by atoms with van der Waals surface area (Å²) in [6, 6.07) is 15.8. The van der Waals surface area contributed by atoms with Gasteiger partial charge in [-0.1, -0.05) is 42.0 Å². The van der Waals surface area contributed by atoms with E-state index in [0.717, 1.165) is 11.1 Å². The summed E-state index contributed by atoms with van der Waals surface area (Å²) in [5.74, 6) is 0.289. The fourth-order valence-corrected chi connectivity index (χ4v) is 3.28. The molecule has 2 atom stereocenters. The predicted octanol–water partition coefficient (Wildman–Crippen LogP) is 2.89. The number of rotatable bonds is 4. The van der Waals surface area contributed by atoms with E-state index in [-0.39, 0.29) is 5.92 Å². The number of methoxy groups -OCH3 is 1.